The molecule has 0 aliphatic carbocycles. The third kappa shape index (κ3) is 5.27. The molecule has 4 N–H and O–H groups in total. The Morgan fingerprint density at radius 3 is 2.60 bits per heavy atom. The number of hydrogen-bond acceptors (Lipinski definition) is 4. The van der Waals surface area contributed by atoms with E-state index in [0.717, 1.165) is 18.5 Å². The van der Waals surface area contributed by atoms with Crippen LogP contribution >= 0.6 is 0 Å². The summed E-state index contributed by atoms with van der Waals surface area (Å²) in [6.07, 6.45) is 0.790. The van der Waals surface area contributed by atoms with Crippen molar-refractivity contribution in [3.8, 4) is 0 Å². The minimum atomic E-state index is -0.702. The standard InChI is InChI=1S/C14H22N4O2/c1-10-5-6-11(15)12(9-10)17-14(20)13(19)16-7-4-8-18(2)3/h5-6,9H,4,7-8,15H2,1-3H3,(H,16,19)(H,17,20). The van der Waals surface area contributed by atoms with Crippen molar-refractivity contribution in [2.45, 2.75) is 13.3 Å². The van der Waals surface area contributed by atoms with Crippen LogP contribution in [0.3, 0.4) is 0 Å². The highest BCUT2D eigenvalue weighted by molar-refractivity contribution is 6.39. The van der Waals surface area contributed by atoms with Crippen molar-refractivity contribution < 1.29 is 9.59 Å². The second-order valence-electron chi connectivity index (χ2n) is 4.96. The molecule has 0 saturated carbocycles. The molecule has 0 atom stereocenters. The van der Waals surface area contributed by atoms with Gasteiger partial charge in [-0.2, -0.15) is 0 Å². The van der Waals surface area contributed by atoms with Gasteiger partial charge in [0.15, 0.2) is 0 Å². The second-order valence-corrected chi connectivity index (χ2v) is 4.96. The van der Waals surface area contributed by atoms with Crippen molar-refractivity contribution in [1.29, 1.82) is 0 Å². The number of hydrogen-bond donors (Lipinski definition) is 3. The van der Waals surface area contributed by atoms with Gasteiger partial charge < -0.3 is 21.3 Å². The van der Waals surface area contributed by atoms with E-state index in [4.69, 9.17) is 5.73 Å². The molecule has 20 heavy (non-hydrogen) atoms. The summed E-state index contributed by atoms with van der Waals surface area (Å²) in [6.45, 7) is 3.21. The number of nitrogens with one attached hydrogen (secondary N) is 2. The fourth-order valence-corrected chi connectivity index (χ4v) is 1.63. The van der Waals surface area contributed by atoms with Crippen LogP contribution in [0, 0.1) is 6.92 Å². The third-order valence-electron chi connectivity index (χ3n) is 2.73. The average Bonchev–Trinajstić information content (AvgIpc) is 2.38. The van der Waals surface area contributed by atoms with Gasteiger partial charge in [0, 0.05) is 6.54 Å². The molecule has 1 rings (SSSR count). The summed E-state index contributed by atoms with van der Waals surface area (Å²) in [5, 5.41) is 5.09. The van der Waals surface area contributed by atoms with Crippen molar-refractivity contribution in [3.05, 3.63) is 23.8 Å². The molecule has 0 heterocycles. The quantitative estimate of drug-likeness (QED) is 0.418. The Bertz CT molecular complexity index is 486. The number of carbonyl (C=O) groups excluding carboxylic acids is 2. The van der Waals surface area contributed by atoms with Gasteiger partial charge in [0.05, 0.1) is 11.4 Å². The van der Waals surface area contributed by atoms with Gasteiger partial charge >= 0.3 is 11.8 Å². The van der Waals surface area contributed by atoms with Crippen LogP contribution < -0.4 is 16.4 Å². The highest BCUT2D eigenvalue weighted by Crippen LogP contribution is 2.19. The lowest BCUT2D eigenvalue weighted by Crippen LogP contribution is -2.36. The Balaban J connectivity index is 2.45. The molecule has 0 aromatic heterocycles. The molecule has 6 heteroatoms. The first-order valence-electron chi connectivity index (χ1n) is 6.50. The van der Waals surface area contributed by atoms with Gasteiger partial charge in [0.1, 0.15) is 0 Å². The Labute approximate surface area is 119 Å². The number of nitrogens with zero attached hydrogens (tertiary/aromatic N) is 1. The minimum Gasteiger partial charge on any atom is -0.397 e. The summed E-state index contributed by atoms with van der Waals surface area (Å²) in [5.74, 6) is -1.35. The highest BCUT2D eigenvalue weighted by atomic mass is 16.2. The monoisotopic (exact) mass is 278 g/mol. The van der Waals surface area contributed by atoms with Crippen molar-refractivity contribution in [3.63, 3.8) is 0 Å². The summed E-state index contributed by atoms with van der Waals surface area (Å²) in [7, 11) is 3.91. The Morgan fingerprint density at radius 1 is 1.25 bits per heavy atom. The van der Waals surface area contributed by atoms with Gasteiger partial charge in [0.2, 0.25) is 0 Å². The number of rotatable bonds is 5. The van der Waals surface area contributed by atoms with Gasteiger partial charge in [-0.15, -0.1) is 0 Å². The van der Waals surface area contributed by atoms with Crippen LogP contribution in [-0.2, 0) is 9.59 Å². The maximum atomic E-state index is 11.7. The van der Waals surface area contributed by atoms with E-state index in [1.807, 2.05) is 32.0 Å². The zero-order valence-corrected chi connectivity index (χ0v) is 12.2. The van der Waals surface area contributed by atoms with E-state index < -0.39 is 11.8 Å². The van der Waals surface area contributed by atoms with Gasteiger partial charge in [-0.1, -0.05) is 6.07 Å². The topological polar surface area (TPSA) is 87.5 Å². The molecule has 0 aliphatic rings. The third-order valence-corrected chi connectivity index (χ3v) is 2.73. The van der Waals surface area contributed by atoms with Gasteiger partial charge in [-0.25, -0.2) is 0 Å². The molecule has 1 aromatic rings. The number of carbonyl (C=O) groups is 2. The van der Waals surface area contributed by atoms with Crippen LogP contribution in [0.15, 0.2) is 18.2 Å². The van der Waals surface area contributed by atoms with Gasteiger partial charge in [0.25, 0.3) is 0 Å². The summed E-state index contributed by atoms with van der Waals surface area (Å²) in [6, 6.07) is 5.26. The molecule has 0 radical (unpaired) electrons. The number of amides is 2. The van der Waals surface area contributed by atoms with Crippen molar-refractivity contribution >= 4 is 23.2 Å². The molecular formula is C14H22N4O2. The molecule has 0 unspecified atom stereocenters. The van der Waals surface area contributed by atoms with Crippen LogP contribution in [0.4, 0.5) is 11.4 Å². The molecule has 0 aliphatic heterocycles. The zero-order valence-electron chi connectivity index (χ0n) is 12.2. The van der Waals surface area contributed by atoms with Crippen LogP contribution in [0.5, 0.6) is 0 Å². The lowest BCUT2D eigenvalue weighted by Gasteiger charge is -2.11. The van der Waals surface area contributed by atoms with E-state index in [9.17, 15) is 9.59 Å². The number of anilines is 2. The molecule has 6 nitrogen and oxygen atoms in total. The minimum absolute atomic E-state index is 0.435. The summed E-state index contributed by atoms with van der Waals surface area (Å²) >= 11 is 0. The number of benzene rings is 1. The van der Waals surface area contributed by atoms with Crippen LogP contribution in [0.25, 0.3) is 0 Å². The van der Waals surface area contributed by atoms with Crippen molar-refractivity contribution in [2.75, 3.05) is 38.2 Å². The van der Waals surface area contributed by atoms with E-state index in [2.05, 4.69) is 10.6 Å². The Hall–Kier alpha value is -2.08. The molecule has 0 bridgehead atoms. The molecule has 2 amide bonds. The Morgan fingerprint density at radius 2 is 1.95 bits per heavy atom. The molecular weight excluding hydrogens is 256 g/mol. The first-order valence-corrected chi connectivity index (χ1v) is 6.50. The SMILES string of the molecule is Cc1ccc(N)c(NC(=O)C(=O)NCCCN(C)C)c1. The Kier molecular flexibility index (Phi) is 5.99. The lowest BCUT2D eigenvalue weighted by molar-refractivity contribution is -0.136. The van der Waals surface area contributed by atoms with Crippen molar-refractivity contribution in [1.82, 2.24) is 10.2 Å². The highest BCUT2D eigenvalue weighted by Gasteiger charge is 2.14. The number of nitrogens with two attached hydrogens (primary N) is 1. The summed E-state index contributed by atoms with van der Waals surface area (Å²) < 4.78 is 0. The zero-order chi connectivity index (χ0) is 15.1. The molecule has 0 saturated heterocycles. The van der Waals surface area contributed by atoms with E-state index in [1.54, 1.807) is 12.1 Å². The predicted molar refractivity (Wildman–Crippen MR) is 80.4 cm³/mol. The van der Waals surface area contributed by atoms with E-state index in [-0.39, 0.29) is 0 Å². The lowest BCUT2D eigenvalue weighted by atomic mass is 10.2. The first-order chi connectivity index (χ1) is 9.40. The fraction of sp³-hybridized carbons (Fsp3) is 0.429. The van der Waals surface area contributed by atoms with E-state index in [1.165, 1.54) is 0 Å². The van der Waals surface area contributed by atoms with Crippen LogP contribution in [0.2, 0.25) is 0 Å². The molecule has 0 fully saturated rings. The fourth-order valence-electron chi connectivity index (χ4n) is 1.63. The maximum absolute atomic E-state index is 11.7. The van der Waals surface area contributed by atoms with E-state index in [0.29, 0.717) is 17.9 Å². The smallest absolute Gasteiger partial charge is 0.313 e. The van der Waals surface area contributed by atoms with E-state index >= 15 is 0 Å². The van der Waals surface area contributed by atoms with Crippen LogP contribution in [-0.4, -0.2) is 43.9 Å². The van der Waals surface area contributed by atoms with Gasteiger partial charge in [-0.3, -0.25) is 9.59 Å². The summed E-state index contributed by atoms with van der Waals surface area (Å²) in [5.41, 5.74) is 7.59. The van der Waals surface area contributed by atoms with Crippen molar-refractivity contribution in [2.24, 2.45) is 0 Å². The predicted octanol–water partition coefficient (Wildman–Crippen LogP) is 0.584. The average molecular weight is 278 g/mol. The van der Waals surface area contributed by atoms with Crippen LogP contribution in [0.1, 0.15) is 12.0 Å². The molecule has 1 aromatic carbocycles. The molecule has 0 spiro atoms. The number of aryl methyl sites for hydroxylation is 1. The summed E-state index contributed by atoms with van der Waals surface area (Å²) in [4.78, 5) is 25.3. The normalized spacial score (nSPS) is 10.4. The second kappa shape index (κ2) is 7.49. The van der Waals surface area contributed by atoms with Gasteiger partial charge in [-0.05, 0) is 51.7 Å². The first kappa shape index (κ1) is 16.0. The number of nitrogen functional groups attached to an aromatic ring is 1. The molecule has 110 valence electrons. The largest absolute Gasteiger partial charge is 0.397 e. The maximum Gasteiger partial charge on any atom is 0.313 e.